The van der Waals surface area contributed by atoms with Crippen LogP contribution in [0.25, 0.3) is 17.3 Å². The summed E-state index contributed by atoms with van der Waals surface area (Å²) >= 11 is 0. The number of benzene rings is 2. The highest BCUT2D eigenvalue weighted by atomic mass is 16.5. The SMILES string of the molecule is COc1ccc(-c2ccnc(C=C(N)C(=O)Nc3ccc(C(=O)NCCN(C(C)C)C(C)C)cc3)n2)cc1OC. The van der Waals surface area contributed by atoms with E-state index < -0.39 is 5.91 Å². The number of aromatic nitrogens is 2. The number of nitrogens with one attached hydrogen (secondary N) is 2. The van der Waals surface area contributed by atoms with Gasteiger partial charge in [-0.05, 0) is 76.2 Å². The first-order chi connectivity index (χ1) is 19.1. The van der Waals surface area contributed by atoms with Gasteiger partial charge in [0, 0.05) is 54.3 Å². The quantitative estimate of drug-likeness (QED) is 0.291. The second-order valence-electron chi connectivity index (χ2n) is 9.68. The zero-order valence-electron chi connectivity index (χ0n) is 23.9. The second kappa shape index (κ2) is 14.1. The van der Waals surface area contributed by atoms with Gasteiger partial charge in [-0.2, -0.15) is 0 Å². The first-order valence-corrected chi connectivity index (χ1v) is 13.1. The molecule has 0 aliphatic carbocycles. The lowest BCUT2D eigenvalue weighted by molar-refractivity contribution is -0.112. The molecule has 40 heavy (non-hydrogen) atoms. The van der Waals surface area contributed by atoms with Crippen LogP contribution in [0.2, 0.25) is 0 Å². The van der Waals surface area contributed by atoms with Crippen LogP contribution in [0, 0.1) is 0 Å². The Morgan fingerprint density at radius 2 is 1.65 bits per heavy atom. The topological polar surface area (TPSA) is 132 Å². The van der Waals surface area contributed by atoms with E-state index in [9.17, 15) is 9.59 Å². The van der Waals surface area contributed by atoms with E-state index in [0.717, 1.165) is 12.1 Å². The largest absolute Gasteiger partial charge is 0.493 e. The van der Waals surface area contributed by atoms with Crippen molar-refractivity contribution in [3.05, 3.63) is 71.8 Å². The molecular formula is C30H38N6O4. The van der Waals surface area contributed by atoms with Crippen molar-refractivity contribution < 1.29 is 19.1 Å². The summed E-state index contributed by atoms with van der Waals surface area (Å²) in [6.07, 6.45) is 2.99. The Balaban J connectivity index is 1.61. The highest BCUT2D eigenvalue weighted by Gasteiger charge is 2.14. The molecule has 3 aromatic rings. The van der Waals surface area contributed by atoms with Crippen LogP contribution in [0.1, 0.15) is 43.9 Å². The molecule has 2 amide bonds. The van der Waals surface area contributed by atoms with Crippen LogP contribution in [-0.4, -0.2) is 66.1 Å². The fourth-order valence-corrected chi connectivity index (χ4v) is 4.23. The van der Waals surface area contributed by atoms with E-state index in [4.69, 9.17) is 15.2 Å². The first-order valence-electron chi connectivity index (χ1n) is 13.1. The zero-order chi connectivity index (χ0) is 29.2. The smallest absolute Gasteiger partial charge is 0.271 e. The average Bonchev–Trinajstić information content (AvgIpc) is 2.94. The highest BCUT2D eigenvalue weighted by molar-refractivity contribution is 6.06. The minimum absolute atomic E-state index is 0.0638. The Morgan fingerprint density at radius 3 is 2.27 bits per heavy atom. The summed E-state index contributed by atoms with van der Waals surface area (Å²) in [5, 5.41) is 5.68. The molecule has 0 saturated carbocycles. The summed E-state index contributed by atoms with van der Waals surface area (Å²) in [5.41, 5.74) is 8.40. The summed E-state index contributed by atoms with van der Waals surface area (Å²) in [7, 11) is 3.13. The molecule has 0 spiro atoms. The normalized spacial score (nSPS) is 11.6. The standard InChI is InChI=1S/C30H38N6O4/c1-19(2)36(20(3)4)16-15-33-29(37)21-7-10-23(11-8-21)34-30(38)24(31)18-28-32-14-13-25(35-28)22-9-12-26(39-5)27(17-22)40-6/h7-14,17-20H,15-16,31H2,1-6H3,(H,33,37)(H,34,38). The third-order valence-corrected chi connectivity index (χ3v) is 6.29. The van der Waals surface area contributed by atoms with Crippen LogP contribution < -0.4 is 25.8 Å². The molecule has 0 saturated heterocycles. The van der Waals surface area contributed by atoms with Gasteiger partial charge in [0.15, 0.2) is 17.3 Å². The maximum atomic E-state index is 12.7. The third-order valence-electron chi connectivity index (χ3n) is 6.29. The number of rotatable bonds is 12. The molecule has 212 valence electrons. The molecule has 0 unspecified atom stereocenters. The van der Waals surface area contributed by atoms with Crippen molar-refractivity contribution in [1.82, 2.24) is 20.2 Å². The minimum atomic E-state index is -0.514. The van der Waals surface area contributed by atoms with Gasteiger partial charge in [-0.1, -0.05) is 0 Å². The number of carbonyl (C=O) groups is 2. The lowest BCUT2D eigenvalue weighted by Crippen LogP contribution is -2.42. The number of amides is 2. The van der Waals surface area contributed by atoms with E-state index in [2.05, 4.69) is 53.2 Å². The van der Waals surface area contributed by atoms with Crippen LogP contribution in [0.4, 0.5) is 5.69 Å². The van der Waals surface area contributed by atoms with Gasteiger partial charge in [-0.3, -0.25) is 14.5 Å². The molecule has 10 heteroatoms. The summed E-state index contributed by atoms with van der Waals surface area (Å²) in [6.45, 7) is 9.87. The fraction of sp³-hybridized carbons (Fsp3) is 0.333. The minimum Gasteiger partial charge on any atom is -0.493 e. The summed E-state index contributed by atoms with van der Waals surface area (Å²) in [4.78, 5) is 36.2. The van der Waals surface area contributed by atoms with Gasteiger partial charge in [0.25, 0.3) is 11.8 Å². The zero-order valence-corrected chi connectivity index (χ0v) is 23.9. The maximum Gasteiger partial charge on any atom is 0.271 e. The van der Waals surface area contributed by atoms with E-state index in [-0.39, 0.29) is 17.4 Å². The Kier molecular flexibility index (Phi) is 10.6. The van der Waals surface area contributed by atoms with Crippen molar-refractivity contribution in [3.8, 4) is 22.8 Å². The lowest BCUT2D eigenvalue weighted by Gasteiger charge is -2.30. The van der Waals surface area contributed by atoms with Crippen molar-refractivity contribution in [2.24, 2.45) is 5.73 Å². The maximum absolute atomic E-state index is 12.7. The van der Waals surface area contributed by atoms with Crippen LogP contribution in [0.5, 0.6) is 11.5 Å². The van der Waals surface area contributed by atoms with Gasteiger partial charge in [0.05, 0.1) is 19.9 Å². The molecule has 2 aromatic carbocycles. The first kappa shape index (κ1) is 30.1. The molecule has 0 aliphatic rings. The fourth-order valence-electron chi connectivity index (χ4n) is 4.23. The summed E-state index contributed by atoms with van der Waals surface area (Å²) in [6, 6.07) is 14.6. The molecule has 4 N–H and O–H groups in total. The van der Waals surface area contributed by atoms with Crippen molar-refractivity contribution in [2.75, 3.05) is 32.6 Å². The number of nitrogens with two attached hydrogens (primary N) is 1. The van der Waals surface area contributed by atoms with Crippen molar-refractivity contribution in [3.63, 3.8) is 0 Å². The molecule has 0 radical (unpaired) electrons. The third kappa shape index (κ3) is 8.03. The van der Waals surface area contributed by atoms with Crippen molar-refractivity contribution in [1.29, 1.82) is 0 Å². The monoisotopic (exact) mass is 546 g/mol. The predicted molar refractivity (Wildman–Crippen MR) is 157 cm³/mol. The molecule has 0 aliphatic heterocycles. The van der Waals surface area contributed by atoms with E-state index in [0.29, 0.717) is 47.1 Å². The average molecular weight is 547 g/mol. The summed E-state index contributed by atoms with van der Waals surface area (Å²) < 4.78 is 10.7. The van der Waals surface area contributed by atoms with Gasteiger partial charge in [0.2, 0.25) is 0 Å². The molecule has 1 heterocycles. The van der Waals surface area contributed by atoms with Gasteiger partial charge in [0.1, 0.15) is 5.70 Å². The Labute approximate surface area is 235 Å². The van der Waals surface area contributed by atoms with E-state index >= 15 is 0 Å². The number of ether oxygens (including phenoxy) is 2. The van der Waals surface area contributed by atoms with E-state index in [1.54, 1.807) is 62.9 Å². The number of hydrogen-bond acceptors (Lipinski definition) is 8. The van der Waals surface area contributed by atoms with Crippen molar-refractivity contribution >= 4 is 23.6 Å². The predicted octanol–water partition coefficient (Wildman–Crippen LogP) is 3.95. The Morgan fingerprint density at radius 1 is 0.975 bits per heavy atom. The molecule has 10 nitrogen and oxygen atoms in total. The van der Waals surface area contributed by atoms with Crippen LogP contribution in [-0.2, 0) is 4.79 Å². The number of carbonyl (C=O) groups excluding carboxylic acids is 2. The van der Waals surface area contributed by atoms with Crippen LogP contribution >= 0.6 is 0 Å². The second-order valence-corrected chi connectivity index (χ2v) is 9.68. The molecule has 0 fully saturated rings. The molecule has 3 rings (SSSR count). The van der Waals surface area contributed by atoms with Gasteiger partial charge >= 0.3 is 0 Å². The van der Waals surface area contributed by atoms with Gasteiger partial charge in [-0.25, -0.2) is 9.97 Å². The van der Waals surface area contributed by atoms with Crippen LogP contribution in [0.15, 0.2) is 60.4 Å². The van der Waals surface area contributed by atoms with Gasteiger partial charge in [-0.15, -0.1) is 0 Å². The number of anilines is 1. The molecular weight excluding hydrogens is 508 g/mol. The lowest BCUT2D eigenvalue weighted by atomic mass is 10.1. The molecule has 0 atom stereocenters. The summed E-state index contributed by atoms with van der Waals surface area (Å²) in [5.74, 6) is 0.771. The Bertz CT molecular complexity index is 1330. The highest BCUT2D eigenvalue weighted by Crippen LogP contribution is 2.31. The molecule has 0 bridgehead atoms. The van der Waals surface area contributed by atoms with E-state index in [1.807, 2.05) is 6.07 Å². The number of methoxy groups -OCH3 is 2. The van der Waals surface area contributed by atoms with Crippen LogP contribution in [0.3, 0.4) is 0 Å². The van der Waals surface area contributed by atoms with Crippen molar-refractivity contribution in [2.45, 2.75) is 39.8 Å². The number of nitrogens with zero attached hydrogens (tertiary/aromatic N) is 3. The van der Waals surface area contributed by atoms with E-state index in [1.165, 1.54) is 6.08 Å². The Hall–Kier alpha value is -4.44. The van der Waals surface area contributed by atoms with Gasteiger partial charge < -0.3 is 25.8 Å². The molecule has 1 aromatic heterocycles. The number of hydrogen-bond donors (Lipinski definition) is 3.